The summed E-state index contributed by atoms with van der Waals surface area (Å²) in [5.74, 6) is 0.146. The maximum absolute atomic E-state index is 10.7. The van der Waals surface area contributed by atoms with Crippen molar-refractivity contribution in [2.75, 3.05) is 5.73 Å². The maximum atomic E-state index is 10.7. The van der Waals surface area contributed by atoms with Crippen molar-refractivity contribution in [1.29, 1.82) is 0 Å². The lowest BCUT2D eigenvalue weighted by Crippen LogP contribution is -1.96. The minimum atomic E-state index is -0.482. The topological polar surface area (TPSA) is 82.0 Å². The van der Waals surface area contributed by atoms with Crippen molar-refractivity contribution in [3.8, 4) is 11.3 Å². The fourth-order valence-corrected chi connectivity index (χ4v) is 1.40. The molecule has 0 spiro atoms. The van der Waals surface area contributed by atoms with Crippen LogP contribution in [0.5, 0.6) is 0 Å². The van der Waals surface area contributed by atoms with Gasteiger partial charge in [0.2, 0.25) is 0 Å². The van der Waals surface area contributed by atoms with Gasteiger partial charge in [-0.3, -0.25) is 10.1 Å². The molecule has 0 saturated heterocycles. The van der Waals surface area contributed by atoms with Crippen LogP contribution in [0.3, 0.4) is 0 Å². The van der Waals surface area contributed by atoms with Gasteiger partial charge in [0.05, 0.1) is 16.7 Å². The van der Waals surface area contributed by atoms with Crippen molar-refractivity contribution in [3.63, 3.8) is 0 Å². The van der Waals surface area contributed by atoms with Gasteiger partial charge in [0, 0.05) is 11.6 Å². The molecule has 0 amide bonds. The van der Waals surface area contributed by atoms with Crippen molar-refractivity contribution < 1.29 is 4.92 Å². The van der Waals surface area contributed by atoms with E-state index in [1.807, 2.05) is 30.3 Å². The number of nitrogen functional groups attached to an aromatic ring is 1. The van der Waals surface area contributed by atoms with E-state index in [2.05, 4.69) is 4.98 Å². The van der Waals surface area contributed by atoms with Gasteiger partial charge in [0.15, 0.2) is 0 Å². The van der Waals surface area contributed by atoms with Crippen molar-refractivity contribution in [3.05, 3.63) is 52.6 Å². The van der Waals surface area contributed by atoms with Crippen molar-refractivity contribution in [2.45, 2.75) is 0 Å². The molecule has 0 saturated carbocycles. The van der Waals surface area contributed by atoms with Gasteiger partial charge in [0.25, 0.3) is 5.69 Å². The Morgan fingerprint density at radius 3 is 2.50 bits per heavy atom. The summed E-state index contributed by atoms with van der Waals surface area (Å²) >= 11 is 0. The van der Waals surface area contributed by atoms with Gasteiger partial charge in [-0.05, 0) is 0 Å². The molecule has 0 aliphatic rings. The highest BCUT2D eigenvalue weighted by atomic mass is 16.6. The van der Waals surface area contributed by atoms with E-state index >= 15 is 0 Å². The van der Waals surface area contributed by atoms with Crippen LogP contribution in [0.2, 0.25) is 0 Å². The van der Waals surface area contributed by atoms with Crippen LogP contribution in [-0.4, -0.2) is 9.91 Å². The number of anilines is 1. The van der Waals surface area contributed by atoms with Crippen LogP contribution in [0.1, 0.15) is 0 Å². The Kier molecular flexibility index (Phi) is 2.51. The van der Waals surface area contributed by atoms with Gasteiger partial charge in [-0.15, -0.1) is 0 Å². The number of nitro groups is 1. The summed E-state index contributed by atoms with van der Waals surface area (Å²) in [4.78, 5) is 14.2. The summed E-state index contributed by atoms with van der Waals surface area (Å²) in [7, 11) is 0. The molecule has 0 radical (unpaired) electrons. The number of hydrogen-bond donors (Lipinski definition) is 1. The molecule has 1 heterocycles. The average molecular weight is 215 g/mol. The quantitative estimate of drug-likeness (QED) is 0.615. The Morgan fingerprint density at radius 2 is 1.88 bits per heavy atom. The van der Waals surface area contributed by atoms with Gasteiger partial charge in [-0.2, -0.15) is 0 Å². The zero-order valence-corrected chi connectivity index (χ0v) is 8.33. The number of pyridine rings is 1. The lowest BCUT2D eigenvalue weighted by Gasteiger charge is -2.01. The molecular formula is C11H9N3O2. The standard InChI is InChI=1S/C11H9N3O2/c12-11-7-9(14(15)16)6-10(13-11)8-4-2-1-3-5-8/h1-7H,(H2,12,13). The third-order valence-corrected chi connectivity index (χ3v) is 2.11. The first-order valence-corrected chi connectivity index (χ1v) is 4.64. The van der Waals surface area contributed by atoms with E-state index in [-0.39, 0.29) is 11.5 Å². The van der Waals surface area contributed by atoms with Gasteiger partial charge in [-0.25, -0.2) is 4.98 Å². The fourth-order valence-electron chi connectivity index (χ4n) is 1.40. The highest BCUT2D eigenvalue weighted by molar-refractivity contribution is 5.64. The van der Waals surface area contributed by atoms with Crippen LogP contribution >= 0.6 is 0 Å². The Hall–Kier alpha value is -2.43. The second-order valence-electron chi connectivity index (χ2n) is 3.26. The second-order valence-corrected chi connectivity index (χ2v) is 3.26. The Labute approximate surface area is 91.7 Å². The van der Waals surface area contributed by atoms with E-state index in [4.69, 9.17) is 5.73 Å². The largest absolute Gasteiger partial charge is 0.383 e. The molecule has 1 aromatic heterocycles. The molecule has 0 fully saturated rings. The Bertz CT molecular complexity index is 526. The molecule has 0 atom stereocenters. The molecule has 1 aromatic carbocycles. The molecule has 0 bridgehead atoms. The highest BCUT2D eigenvalue weighted by Gasteiger charge is 2.10. The van der Waals surface area contributed by atoms with E-state index in [1.54, 1.807) is 0 Å². The van der Waals surface area contributed by atoms with Gasteiger partial charge < -0.3 is 5.73 Å². The smallest absolute Gasteiger partial charge is 0.275 e. The van der Waals surface area contributed by atoms with E-state index < -0.39 is 4.92 Å². The summed E-state index contributed by atoms with van der Waals surface area (Å²) in [6, 6.07) is 11.8. The molecule has 5 heteroatoms. The van der Waals surface area contributed by atoms with Crippen LogP contribution < -0.4 is 5.73 Å². The predicted octanol–water partition coefficient (Wildman–Crippen LogP) is 2.24. The first kappa shape index (κ1) is 10.1. The number of nitrogens with two attached hydrogens (primary N) is 1. The fraction of sp³-hybridized carbons (Fsp3) is 0. The van der Waals surface area contributed by atoms with Gasteiger partial charge >= 0.3 is 0 Å². The molecule has 2 aromatic rings. The van der Waals surface area contributed by atoms with E-state index in [0.717, 1.165) is 5.56 Å². The SMILES string of the molecule is Nc1cc([N+](=O)[O-])cc(-c2ccccc2)n1. The minimum absolute atomic E-state index is 0.0497. The molecule has 16 heavy (non-hydrogen) atoms. The number of hydrogen-bond acceptors (Lipinski definition) is 4. The average Bonchev–Trinajstić information content (AvgIpc) is 2.29. The molecule has 0 unspecified atom stereocenters. The first-order valence-electron chi connectivity index (χ1n) is 4.64. The van der Waals surface area contributed by atoms with Crippen LogP contribution in [0.15, 0.2) is 42.5 Å². The molecule has 0 aliphatic heterocycles. The lowest BCUT2D eigenvalue weighted by atomic mass is 10.1. The molecule has 0 aliphatic carbocycles. The zero-order chi connectivity index (χ0) is 11.5. The molecule has 2 N–H and O–H groups in total. The first-order chi connectivity index (χ1) is 7.66. The minimum Gasteiger partial charge on any atom is -0.383 e. The van der Waals surface area contributed by atoms with Crippen LogP contribution in [0, 0.1) is 10.1 Å². The summed E-state index contributed by atoms with van der Waals surface area (Å²) in [6.45, 7) is 0. The molecular weight excluding hydrogens is 206 g/mol. The second kappa shape index (κ2) is 3.98. The van der Waals surface area contributed by atoms with Crippen molar-refractivity contribution in [2.24, 2.45) is 0 Å². The molecule has 2 rings (SSSR count). The third kappa shape index (κ3) is 1.98. The Morgan fingerprint density at radius 1 is 1.19 bits per heavy atom. The van der Waals surface area contributed by atoms with Crippen molar-refractivity contribution >= 4 is 11.5 Å². The van der Waals surface area contributed by atoms with Gasteiger partial charge in [-0.1, -0.05) is 30.3 Å². The van der Waals surface area contributed by atoms with E-state index in [0.29, 0.717) is 5.69 Å². The monoisotopic (exact) mass is 215 g/mol. The summed E-state index contributed by atoms with van der Waals surface area (Å²) in [6.07, 6.45) is 0. The lowest BCUT2D eigenvalue weighted by molar-refractivity contribution is -0.384. The van der Waals surface area contributed by atoms with Crippen LogP contribution in [-0.2, 0) is 0 Å². The summed E-state index contributed by atoms with van der Waals surface area (Å²) in [5.41, 5.74) is 6.78. The highest BCUT2D eigenvalue weighted by Crippen LogP contribution is 2.23. The Balaban J connectivity index is 2.54. The van der Waals surface area contributed by atoms with E-state index in [9.17, 15) is 10.1 Å². The number of benzene rings is 1. The van der Waals surface area contributed by atoms with Crippen molar-refractivity contribution in [1.82, 2.24) is 4.98 Å². The van der Waals surface area contributed by atoms with Crippen LogP contribution in [0.25, 0.3) is 11.3 Å². The van der Waals surface area contributed by atoms with Crippen LogP contribution in [0.4, 0.5) is 11.5 Å². The number of rotatable bonds is 2. The predicted molar refractivity (Wildman–Crippen MR) is 60.7 cm³/mol. The van der Waals surface area contributed by atoms with E-state index in [1.165, 1.54) is 12.1 Å². The summed E-state index contributed by atoms with van der Waals surface area (Å²) < 4.78 is 0. The molecule has 5 nitrogen and oxygen atoms in total. The number of nitrogens with zero attached hydrogens (tertiary/aromatic N) is 2. The zero-order valence-electron chi connectivity index (χ0n) is 8.33. The normalized spacial score (nSPS) is 10.0. The van der Waals surface area contributed by atoms with Gasteiger partial charge in [0.1, 0.15) is 5.82 Å². The summed E-state index contributed by atoms with van der Waals surface area (Å²) in [5, 5.41) is 10.7. The maximum Gasteiger partial charge on any atom is 0.275 e. The molecule has 80 valence electrons. The third-order valence-electron chi connectivity index (χ3n) is 2.11. The number of aromatic nitrogens is 1.